The number of rotatable bonds is 4. The maximum atomic E-state index is 13.5. The van der Waals surface area contributed by atoms with Gasteiger partial charge in [0.2, 0.25) is 0 Å². The van der Waals surface area contributed by atoms with E-state index in [4.69, 9.17) is 22.7 Å². The molecule has 1 unspecified atom stereocenters. The predicted octanol–water partition coefficient (Wildman–Crippen LogP) is 3.32. The van der Waals surface area contributed by atoms with Crippen LogP contribution in [0.15, 0.2) is 64.2 Å². The van der Waals surface area contributed by atoms with Crippen molar-refractivity contribution in [3.8, 4) is 5.69 Å². The SMILES string of the molecule is CC(c1cc2cccc(Cl)c2c(=O)n1-c1ccccc1)n1c(N)c(C=N)[nH]c1=O. The average molecular weight is 408 g/mol. The molecule has 8 heteroatoms. The molecule has 1 atom stereocenters. The number of hydrogen-bond donors (Lipinski definition) is 3. The molecule has 0 saturated carbocycles. The first kappa shape index (κ1) is 18.8. The summed E-state index contributed by atoms with van der Waals surface area (Å²) in [5, 5.41) is 8.86. The van der Waals surface area contributed by atoms with Gasteiger partial charge in [0.05, 0.1) is 16.5 Å². The summed E-state index contributed by atoms with van der Waals surface area (Å²) in [6.07, 6.45) is 0.990. The number of para-hydroxylation sites is 1. The monoisotopic (exact) mass is 407 g/mol. The molecule has 29 heavy (non-hydrogen) atoms. The fourth-order valence-electron chi connectivity index (χ4n) is 3.60. The second-order valence-corrected chi connectivity index (χ2v) is 7.08. The molecule has 2 heterocycles. The zero-order valence-electron chi connectivity index (χ0n) is 15.5. The molecule has 2 aromatic heterocycles. The number of nitrogen functional groups attached to an aromatic ring is 1. The summed E-state index contributed by atoms with van der Waals surface area (Å²) in [4.78, 5) is 28.5. The lowest BCUT2D eigenvalue weighted by Crippen LogP contribution is -2.29. The Morgan fingerprint density at radius 3 is 2.52 bits per heavy atom. The number of nitrogens with one attached hydrogen (secondary N) is 2. The highest BCUT2D eigenvalue weighted by Gasteiger charge is 2.22. The summed E-state index contributed by atoms with van der Waals surface area (Å²) in [5.74, 6) is 0.135. The molecule has 0 saturated heterocycles. The maximum Gasteiger partial charge on any atom is 0.328 e. The van der Waals surface area contributed by atoms with Crippen LogP contribution in [0.2, 0.25) is 5.02 Å². The Balaban J connectivity index is 2.09. The van der Waals surface area contributed by atoms with Crippen LogP contribution in [0, 0.1) is 5.41 Å². The summed E-state index contributed by atoms with van der Waals surface area (Å²) >= 11 is 6.32. The molecular formula is C21H18ClN5O2. The van der Waals surface area contributed by atoms with Gasteiger partial charge >= 0.3 is 5.69 Å². The van der Waals surface area contributed by atoms with Crippen LogP contribution >= 0.6 is 11.6 Å². The third kappa shape index (κ3) is 2.96. The maximum absolute atomic E-state index is 13.5. The number of halogens is 1. The minimum atomic E-state index is -0.580. The van der Waals surface area contributed by atoms with E-state index >= 15 is 0 Å². The van der Waals surface area contributed by atoms with E-state index < -0.39 is 11.7 Å². The number of aromatic nitrogens is 3. The molecule has 4 rings (SSSR count). The lowest BCUT2D eigenvalue weighted by atomic mass is 10.1. The molecule has 2 aromatic carbocycles. The number of pyridine rings is 1. The van der Waals surface area contributed by atoms with Crippen LogP contribution in [0.5, 0.6) is 0 Å². The molecule has 0 bridgehead atoms. The van der Waals surface area contributed by atoms with Gasteiger partial charge in [-0.15, -0.1) is 0 Å². The molecule has 0 aliphatic heterocycles. The number of hydrogen-bond acceptors (Lipinski definition) is 4. The van der Waals surface area contributed by atoms with Gasteiger partial charge in [0.15, 0.2) is 0 Å². The van der Waals surface area contributed by atoms with Crippen molar-refractivity contribution >= 4 is 34.4 Å². The summed E-state index contributed by atoms with van der Waals surface area (Å²) in [6.45, 7) is 1.78. The lowest BCUT2D eigenvalue weighted by molar-refractivity contribution is 0.591. The molecule has 0 aliphatic rings. The van der Waals surface area contributed by atoms with Gasteiger partial charge in [0.1, 0.15) is 11.5 Å². The van der Waals surface area contributed by atoms with Gasteiger partial charge in [-0.05, 0) is 36.6 Å². The summed E-state index contributed by atoms with van der Waals surface area (Å²) in [5.41, 5.74) is 6.79. The highest BCUT2D eigenvalue weighted by Crippen LogP contribution is 2.27. The Bertz CT molecular complexity index is 1350. The molecule has 0 amide bonds. The quantitative estimate of drug-likeness (QED) is 0.451. The van der Waals surface area contributed by atoms with Crippen molar-refractivity contribution in [2.75, 3.05) is 5.73 Å². The van der Waals surface area contributed by atoms with E-state index in [0.29, 0.717) is 27.2 Å². The Labute approximate surface area is 170 Å². The fourth-order valence-corrected chi connectivity index (χ4v) is 3.86. The van der Waals surface area contributed by atoms with E-state index in [0.717, 1.165) is 6.21 Å². The van der Waals surface area contributed by atoms with Crippen molar-refractivity contribution in [1.29, 1.82) is 5.41 Å². The van der Waals surface area contributed by atoms with Crippen molar-refractivity contribution in [2.45, 2.75) is 13.0 Å². The predicted molar refractivity (Wildman–Crippen MR) is 116 cm³/mol. The number of fused-ring (bicyclic) bond motifs is 1. The smallest absolute Gasteiger partial charge is 0.328 e. The van der Waals surface area contributed by atoms with E-state index in [1.807, 2.05) is 36.4 Å². The zero-order chi connectivity index (χ0) is 20.7. The molecule has 0 radical (unpaired) electrons. The summed E-state index contributed by atoms with van der Waals surface area (Å²) in [7, 11) is 0. The first-order valence-corrected chi connectivity index (χ1v) is 9.32. The lowest BCUT2D eigenvalue weighted by Gasteiger charge is -2.21. The third-order valence-electron chi connectivity index (χ3n) is 4.99. The number of nitrogens with zero attached hydrogens (tertiary/aromatic N) is 2. The van der Waals surface area contributed by atoms with E-state index in [-0.39, 0.29) is 17.1 Å². The number of aromatic amines is 1. The fraction of sp³-hybridized carbons (Fsp3) is 0.0952. The van der Waals surface area contributed by atoms with Crippen LogP contribution < -0.4 is 17.0 Å². The van der Waals surface area contributed by atoms with Gasteiger partial charge in [0.25, 0.3) is 5.56 Å². The van der Waals surface area contributed by atoms with E-state index in [9.17, 15) is 9.59 Å². The number of benzene rings is 2. The van der Waals surface area contributed by atoms with E-state index in [2.05, 4.69) is 4.98 Å². The second-order valence-electron chi connectivity index (χ2n) is 6.67. The van der Waals surface area contributed by atoms with Crippen LogP contribution in [0.4, 0.5) is 5.82 Å². The van der Waals surface area contributed by atoms with Crippen LogP contribution in [0.25, 0.3) is 16.5 Å². The van der Waals surface area contributed by atoms with Crippen LogP contribution in [0.3, 0.4) is 0 Å². The molecular weight excluding hydrogens is 390 g/mol. The largest absolute Gasteiger partial charge is 0.383 e. The van der Waals surface area contributed by atoms with Gasteiger partial charge < -0.3 is 16.1 Å². The summed E-state index contributed by atoms with van der Waals surface area (Å²) < 4.78 is 2.88. The molecule has 7 nitrogen and oxygen atoms in total. The van der Waals surface area contributed by atoms with Gasteiger partial charge in [-0.2, -0.15) is 0 Å². The van der Waals surface area contributed by atoms with Crippen LogP contribution in [-0.4, -0.2) is 20.3 Å². The normalized spacial score (nSPS) is 12.2. The van der Waals surface area contributed by atoms with Crippen molar-refractivity contribution in [3.63, 3.8) is 0 Å². The van der Waals surface area contributed by atoms with Crippen molar-refractivity contribution < 1.29 is 0 Å². The zero-order valence-corrected chi connectivity index (χ0v) is 16.3. The standard InChI is InChI=1S/C21H18ClN5O2/c1-12(26-19(24)16(11-23)25-21(26)29)17-10-13-6-5-9-15(22)18(13)20(28)27(17)14-7-3-2-4-8-14/h2-12,23H,24H2,1H3,(H,25,29). The van der Waals surface area contributed by atoms with Crippen molar-refractivity contribution in [1.82, 2.24) is 14.1 Å². The van der Waals surface area contributed by atoms with Crippen molar-refractivity contribution in [3.05, 3.63) is 91.8 Å². The number of H-pyrrole nitrogens is 1. The number of nitrogens with two attached hydrogens (primary N) is 1. The van der Waals surface area contributed by atoms with Gasteiger partial charge in [0, 0.05) is 17.6 Å². The number of anilines is 1. The topological polar surface area (TPSA) is 110 Å². The van der Waals surface area contributed by atoms with Gasteiger partial charge in [-0.3, -0.25) is 13.9 Å². The molecule has 4 aromatic rings. The third-order valence-corrected chi connectivity index (χ3v) is 5.31. The molecule has 0 spiro atoms. The van der Waals surface area contributed by atoms with Crippen LogP contribution in [-0.2, 0) is 0 Å². The first-order chi connectivity index (χ1) is 13.9. The van der Waals surface area contributed by atoms with Gasteiger partial charge in [-0.1, -0.05) is 41.9 Å². The summed E-state index contributed by atoms with van der Waals surface area (Å²) in [6, 6.07) is 15.7. The second kappa shape index (κ2) is 7.10. The highest BCUT2D eigenvalue weighted by molar-refractivity contribution is 6.35. The first-order valence-electron chi connectivity index (χ1n) is 8.94. The highest BCUT2D eigenvalue weighted by atomic mass is 35.5. The Kier molecular flexibility index (Phi) is 4.60. The van der Waals surface area contributed by atoms with Crippen LogP contribution in [0.1, 0.15) is 24.4 Å². The minimum Gasteiger partial charge on any atom is -0.383 e. The number of imidazole rings is 1. The van der Waals surface area contributed by atoms with Gasteiger partial charge in [-0.25, -0.2) is 4.79 Å². The van der Waals surface area contributed by atoms with Crippen molar-refractivity contribution in [2.24, 2.45) is 0 Å². The molecule has 0 fully saturated rings. The Morgan fingerprint density at radius 2 is 1.86 bits per heavy atom. The minimum absolute atomic E-state index is 0.135. The average Bonchev–Trinajstić information content (AvgIpc) is 3.01. The molecule has 146 valence electrons. The Morgan fingerprint density at radius 1 is 1.14 bits per heavy atom. The molecule has 4 N–H and O–H groups in total. The van der Waals surface area contributed by atoms with E-state index in [1.165, 1.54) is 4.57 Å². The molecule has 0 aliphatic carbocycles. The van der Waals surface area contributed by atoms with E-state index in [1.54, 1.807) is 29.7 Å². The Hall–Kier alpha value is -3.58.